The van der Waals surface area contributed by atoms with Gasteiger partial charge >= 0.3 is 0 Å². The van der Waals surface area contributed by atoms with E-state index in [2.05, 4.69) is 20.8 Å². The molecule has 0 unspecified atom stereocenters. The Morgan fingerprint density at radius 2 is 1.40 bits per heavy atom. The van der Waals surface area contributed by atoms with Crippen molar-refractivity contribution in [3.05, 3.63) is 0 Å². The number of rotatable bonds is 10. The quantitative estimate of drug-likeness (QED) is 0.440. The molecule has 92 valence electrons. The number of aliphatic hydroxyl groups is 1. The molecule has 15 heavy (non-hydrogen) atoms. The van der Waals surface area contributed by atoms with E-state index in [-0.39, 0.29) is 0 Å². The van der Waals surface area contributed by atoms with E-state index in [1.54, 1.807) is 0 Å². The molecule has 0 fully saturated rings. The Morgan fingerprint density at radius 3 is 1.87 bits per heavy atom. The lowest BCUT2D eigenvalue weighted by atomic mass is 10.1. The third kappa shape index (κ3) is 6.16. The molecule has 0 rings (SSSR count). The molecule has 0 aliphatic heterocycles. The van der Waals surface area contributed by atoms with Gasteiger partial charge in [-0.15, -0.1) is 0 Å². The Labute approximate surface area is 95.9 Å². The second-order valence-corrected chi connectivity index (χ2v) is 4.56. The third-order valence-corrected chi connectivity index (χ3v) is 3.65. The minimum Gasteiger partial charge on any atom is -0.391 e. The summed E-state index contributed by atoms with van der Waals surface area (Å²) in [4.78, 5) is 0. The van der Waals surface area contributed by atoms with Crippen LogP contribution < -0.4 is 0 Å². The van der Waals surface area contributed by atoms with Crippen LogP contribution in [0.5, 0.6) is 0 Å². The van der Waals surface area contributed by atoms with Crippen molar-refractivity contribution in [2.75, 3.05) is 32.8 Å². The Morgan fingerprint density at radius 1 is 0.800 bits per heavy atom. The molecular formula is C13H30NO+. The van der Waals surface area contributed by atoms with E-state index in [9.17, 15) is 0 Å². The Balaban J connectivity index is 3.74. The Hall–Kier alpha value is -0.0800. The van der Waals surface area contributed by atoms with Crippen molar-refractivity contribution in [3.8, 4) is 0 Å². The number of unbranched alkanes of at least 4 members (excludes halogenated alkanes) is 4. The van der Waals surface area contributed by atoms with E-state index in [1.165, 1.54) is 38.6 Å². The fraction of sp³-hybridized carbons (Fsp3) is 1.00. The first-order chi connectivity index (χ1) is 7.24. The van der Waals surface area contributed by atoms with Crippen molar-refractivity contribution in [3.63, 3.8) is 0 Å². The summed E-state index contributed by atoms with van der Waals surface area (Å²) in [5.74, 6) is 0. The van der Waals surface area contributed by atoms with Crippen molar-refractivity contribution in [2.24, 2.45) is 0 Å². The van der Waals surface area contributed by atoms with Gasteiger partial charge in [0, 0.05) is 0 Å². The van der Waals surface area contributed by atoms with Crippen LogP contribution in [0.3, 0.4) is 0 Å². The summed E-state index contributed by atoms with van der Waals surface area (Å²) in [7, 11) is 0. The lowest BCUT2D eigenvalue weighted by Crippen LogP contribution is -2.50. The van der Waals surface area contributed by atoms with Crippen LogP contribution in [0.2, 0.25) is 0 Å². The second kappa shape index (κ2) is 9.17. The lowest BCUT2D eigenvalue weighted by molar-refractivity contribution is -0.925. The van der Waals surface area contributed by atoms with Crippen LogP contribution in [0.15, 0.2) is 0 Å². The fourth-order valence-electron chi connectivity index (χ4n) is 2.23. The molecule has 0 aliphatic carbocycles. The summed E-state index contributed by atoms with van der Waals surface area (Å²) in [6, 6.07) is 0. The van der Waals surface area contributed by atoms with Gasteiger partial charge in [0.1, 0.15) is 6.54 Å². The van der Waals surface area contributed by atoms with Gasteiger partial charge < -0.3 is 9.59 Å². The molecule has 2 nitrogen and oxygen atoms in total. The van der Waals surface area contributed by atoms with Crippen LogP contribution in [-0.4, -0.2) is 42.4 Å². The summed E-state index contributed by atoms with van der Waals surface area (Å²) in [6.07, 6.45) is 6.75. The molecule has 0 amide bonds. The van der Waals surface area contributed by atoms with Gasteiger partial charge in [0.15, 0.2) is 0 Å². The molecule has 0 bridgehead atoms. The average molecular weight is 216 g/mol. The molecular weight excluding hydrogens is 186 g/mol. The van der Waals surface area contributed by atoms with Crippen LogP contribution in [-0.2, 0) is 0 Å². The van der Waals surface area contributed by atoms with Crippen LogP contribution in [0.1, 0.15) is 52.9 Å². The number of aliphatic hydroxyl groups excluding tert-OH is 1. The molecule has 0 aliphatic rings. The largest absolute Gasteiger partial charge is 0.391 e. The van der Waals surface area contributed by atoms with Crippen molar-refractivity contribution in [2.45, 2.75) is 52.9 Å². The first-order valence-electron chi connectivity index (χ1n) is 6.70. The molecule has 0 saturated carbocycles. The normalized spacial score (nSPS) is 12.0. The highest BCUT2D eigenvalue weighted by Crippen LogP contribution is 2.11. The maximum Gasteiger partial charge on any atom is 0.102 e. The van der Waals surface area contributed by atoms with E-state index < -0.39 is 0 Å². The summed E-state index contributed by atoms with van der Waals surface area (Å²) in [5, 5.41) is 9.09. The lowest BCUT2D eigenvalue weighted by Gasteiger charge is -2.36. The molecule has 0 heterocycles. The Bertz CT molecular complexity index is 132. The molecule has 1 N–H and O–H groups in total. The number of hydrogen-bond donors (Lipinski definition) is 1. The van der Waals surface area contributed by atoms with Gasteiger partial charge in [-0.05, 0) is 26.7 Å². The maximum absolute atomic E-state index is 9.09. The van der Waals surface area contributed by atoms with Crippen LogP contribution in [0.25, 0.3) is 0 Å². The van der Waals surface area contributed by atoms with Gasteiger partial charge in [-0.25, -0.2) is 0 Å². The van der Waals surface area contributed by atoms with Crippen LogP contribution in [0.4, 0.5) is 0 Å². The molecule has 0 aromatic carbocycles. The predicted octanol–water partition coefficient (Wildman–Crippen LogP) is 2.81. The summed E-state index contributed by atoms with van der Waals surface area (Å²) in [6.45, 7) is 11.6. The number of hydrogen-bond acceptors (Lipinski definition) is 1. The fourth-order valence-corrected chi connectivity index (χ4v) is 2.23. The van der Waals surface area contributed by atoms with Crippen molar-refractivity contribution >= 4 is 0 Å². The highest BCUT2D eigenvalue weighted by atomic mass is 16.3. The topological polar surface area (TPSA) is 20.2 Å². The van der Waals surface area contributed by atoms with Crippen molar-refractivity contribution < 1.29 is 9.59 Å². The highest BCUT2D eigenvalue weighted by Gasteiger charge is 2.21. The molecule has 2 heteroatoms. The predicted molar refractivity (Wildman–Crippen MR) is 66.9 cm³/mol. The van der Waals surface area contributed by atoms with E-state index >= 15 is 0 Å². The molecule has 0 saturated heterocycles. The summed E-state index contributed by atoms with van der Waals surface area (Å²) in [5.41, 5.74) is 0. The van der Waals surface area contributed by atoms with Gasteiger partial charge in [0.05, 0.1) is 26.2 Å². The Kier molecular flexibility index (Phi) is 9.12. The third-order valence-electron chi connectivity index (χ3n) is 3.65. The molecule has 0 atom stereocenters. The minimum atomic E-state index is 0.330. The van der Waals surface area contributed by atoms with Crippen LogP contribution in [0, 0.1) is 0 Å². The maximum atomic E-state index is 9.09. The van der Waals surface area contributed by atoms with E-state index in [0.29, 0.717) is 6.61 Å². The average Bonchev–Trinajstić information content (AvgIpc) is 2.27. The summed E-state index contributed by atoms with van der Waals surface area (Å²) < 4.78 is 1.10. The number of nitrogens with zero attached hydrogens (tertiary/aromatic N) is 1. The highest BCUT2D eigenvalue weighted by molar-refractivity contribution is 4.45. The number of quaternary nitrogens is 1. The first-order valence-corrected chi connectivity index (χ1v) is 6.70. The molecule has 0 radical (unpaired) electrons. The zero-order chi connectivity index (χ0) is 11.6. The molecule has 0 aromatic rings. The number of likely N-dealkylation sites (N-methyl/N-ethyl adjacent to an activating group) is 1. The van der Waals surface area contributed by atoms with E-state index in [0.717, 1.165) is 24.1 Å². The van der Waals surface area contributed by atoms with Gasteiger partial charge in [-0.1, -0.05) is 26.2 Å². The van der Waals surface area contributed by atoms with Crippen molar-refractivity contribution in [1.29, 1.82) is 0 Å². The molecule has 0 aromatic heterocycles. The first kappa shape index (κ1) is 14.9. The molecule has 0 spiro atoms. The SMILES string of the molecule is CCCCCCC[N+](CC)(CC)CCO. The van der Waals surface area contributed by atoms with Crippen LogP contribution >= 0.6 is 0 Å². The van der Waals surface area contributed by atoms with E-state index in [4.69, 9.17) is 5.11 Å². The zero-order valence-electron chi connectivity index (χ0n) is 11.0. The van der Waals surface area contributed by atoms with Crippen molar-refractivity contribution in [1.82, 2.24) is 0 Å². The summed E-state index contributed by atoms with van der Waals surface area (Å²) >= 11 is 0. The van der Waals surface area contributed by atoms with Gasteiger partial charge in [-0.3, -0.25) is 0 Å². The van der Waals surface area contributed by atoms with Gasteiger partial charge in [0.25, 0.3) is 0 Å². The van der Waals surface area contributed by atoms with Gasteiger partial charge in [0.2, 0.25) is 0 Å². The standard InChI is InChI=1S/C13H30NO/c1-4-7-8-9-10-11-14(5-2,6-3)12-13-15/h15H,4-13H2,1-3H3/q+1. The zero-order valence-corrected chi connectivity index (χ0v) is 11.0. The van der Waals surface area contributed by atoms with Gasteiger partial charge in [-0.2, -0.15) is 0 Å². The second-order valence-electron chi connectivity index (χ2n) is 4.56. The minimum absolute atomic E-state index is 0.330. The smallest absolute Gasteiger partial charge is 0.102 e. The monoisotopic (exact) mass is 216 g/mol. The van der Waals surface area contributed by atoms with E-state index in [1.807, 2.05) is 0 Å².